The summed E-state index contributed by atoms with van der Waals surface area (Å²) in [5.74, 6) is -0.975. The van der Waals surface area contributed by atoms with Crippen LogP contribution in [0.3, 0.4) is 0 Å². The summed E-state index contributed by atoms with van der Waals surface area (Å²) in [7, 11) is 0. The molecule has 3 N–H and O–H groups in total. The van der Waals surface area contributed by atoms with Gasteiger partial charge in [0.1, 0.15) is 12.1 Å². The minimum atomic E-state index is -1.11. The van der Waals surface area contributed by atoms with Crippen LogP contribution >= 0.6 is 23.2 Å². The third-order valence-electron chi connectivity index (χ3n) is 9.11. The number of amides is 2. The Morgan fingerprint density at radius 3 is 2.59 bits per heavy atom. The molecule has 1 spiro atoms. The summed E-state index contributed by atoms with van der Waals surface area (Å²) in [6.45, 7) is 20.0. The first-order valence-corrected chi connectivity index (χ1v) is 16.4. The second-order valence-corrected chi connectivity index (χ2v) is 14.7. The Morgan fingerprint density at radius 1 is 1.25 bits per heavy atom. The standard InChI is InChI=1S/C34H48Cl2FN5O2/c1-22(2)42-17-15-41(16-18-42)14-8-13-38-31(43)30-29(23(3)9-7-10-25(36)21-37)34(28(40-30)20-33(4,5)6)26-12-11-24(35)19-27(26)39-32(34)44/h7,9-12,19,22,28-30,40H,3,8,13-18,20-21H2,1-2,4-6H3,(H,38,43)(H,39,44)/b9-7-,25-10+/t28-,29+,30-,34+/m1/s1. The summed E-state index contributed by atoms with van der Waals surface area (Å²) in [6, 6.07) is 4.90. The first kappa shape index (κ1) is 34.6. The van der Waals surface area contributed by atoms with Gasteiger partial charge in [0.15, 0.2) is 0 Å². The number of allylic oxidation sites excluding steroid dienone is 4. The van der Waals surface area contributed by atoms with Crippen molar-refractivity contribution >= 4 is 40.7 Å². The fraction of sp³-hybridized carbons (Fsp3) is 0.588. The number of nitrogens with zero attached hydrogens (tertiary/aromatic N) is 2. The topological polar surface area (TPSA) is 76.7 Å². The van der Waals surface area contributed by atoms with Gasteiger partial charge in [-0.2, -0.15) is 0 Å². The van der Waals surface area contributed by atoms with Crippen molar-refractivity contribution < 1.29 is 14.0 Å². The lowest BCUT2D eigenvalue weighted by molar-refractivity contribution is -0.124. The van der Waals surface area contributed by atoms with Crippen LogP contribution in [0, 0.1) is 11.3 Å². The Kier molecular flexibility index (Phi) is 11.4. The smallest absolute Gasteiger partial charge is 0.237 e. The second-order valence-electron chi connectivity index (χ2n) is 13.7. The molecule has 4 rings (SSSR count). The van der Waals surface area contributed by atoms with Gasteiger partial charge in [-0.3, -0.25) is 14.5 Å². The summed E-state index contributed by atoms with van der Waals surface area (Å²) in [5, 5.41) is 10.4. The van der Waals surface area contributed by atoms with Gasteiger partial charge >= 0.3 is 0 Å². The Balaban J connectivity index is 1.60. The molecule has 10 heteroatoms. The van der Waals surface area contributed by atoms with E-state index in [1.165, 1.54) is 6.08 Å². The van der Waals surface area contributed by atoms with Crippen LogP contribution in [0.5, 0.6) is 0 Å². The lowest BCUT2D eigenvalue weighted by atomic mass is 9.62. The summed E-state index contributed by atoms with van der Waals surface area (Å²) < 4.78 is 13.0. The third-order valence-corrected chi connectivity index (χ3v) is 9.57. The molecule has 2 saturated heterocycles. The molecule has 3 aliphatic rings. The van der Waals surface area contributed by atoms with E-state index in [2.05, 4.69) is 66.9 Å². The zero-order chi connectivity index (χ0) is 32.2. The molecule has 3 heterocycles. The van der Waals surface area contributed by atoms with Crippen LogP contribution in [0.4, 0.5) is 10.1 Å². The van der Waals surface area contributed by atoms with Crippen molar-refractivity contribution in [3.05, 3.63) is 64.2 Å². The molecule has 0 bridgehead atoms. The Hall–Kier alpha value is -2.23. The SMILES string of the molecule is C=C(/C=C\C=C(\Cl)CF)[C@H]1[C@H](C(=O)NCCCN2CCN(C(C)C)CC2)N[C@H](CC(C)(C)C)[C@]12C(=O)Nc1cc(Cl)ccc12. The molecule has 0 aliphatic carbocycles. The van der Waals surface area contributed by atoms with E-state index in [0.29, 0.717) is 35.3 Å². The van der Waals surface area contributed by atoms with E-state index in [0.717, 1.165) is 44.7 Å². The normalized spacial score (nSPS) is 26.5. The van der Waals surface area contributed by atoms with E-state index in [9.17, 15) is 14.0 Å². The maximum Gasteiger partial charge on any atom is 0.237 e. The molecule has 1 aromatic carbocycles. The highest BCUT2D eigenvalue weighted by Gasteiger charge is 2.65. The van der Waals surface area contributed by atoms with Crippen molar-refractivity contribution in [3.8, 4) is 0 Å². The number of carbonyl (C=O) groups is 2. The zero-order valence-corrected chi connectivity index (χ0v) is 28.2. The van der Waals surface area contributed by atoms with Crippen molar-refractivity contribution in [1.82, 2.24) is 20.4 Å². The Labute approximate surface area is 272 Å². The van der Waals surface area contributed by atoms with Gasteiger partial charge in [-0.05, 0) is 68.0 Å². The molecule has 44 heavy (non-hydrogen) atoms. The average Bonchev–Trinajstić information content (AvgIpc) is 3.44. The predicted octanol–water partition coefficient (Wildman–Crippen LogP) is 5.66. The van der Waals surface area contributed by atoms with Gasteiger partial charge in [0.2, 0.25) is 11.8 Å². The molecule has 4 atom stereocenters. The van der Waals surface area contributed by atoms with E-state index in [-0.39, 0.29) is 28.3 Å². The summed E-state index contributed by atoms with van der Waals surface area (Å²) >= 11 is 12.2. The monoisotopic (exact) mass is 647 g/mol. The van der Waals surface area contributed by atoms with Gasteiger partial charge < -0.3 is 20.9 Å². The minimum Gasteiger partial charge on any atom is -0.355 e. The number of fused-ring (bicyclic) bond motifs is 2. The molecule has 7 nitrogen and oxygen atoms in total. The maximum absolute atomic E-state index is 14.2. The predicted molar refractivity (Wildman–Crippen MR) is 179 cm³/mol. The van der Waals surface area contributed by atoms with Crippen molar-refractivity contribution in [2.45, 2.75) is 71.0 Å². The highest BCUT2D eigenvalue weighted by atomic mass is 35.5. The second kappa shape index (κ2) is 14.5. The molecule has 2 amide bonds. The summed E-state index contributed by atoms with van der Waals surface area (Å²) in [5.41, 5.74) is 0.754. The largest absolute Gasteiger partial charge is 0.355 e. The number of rotatable bonds is 11. The van der Waals surface area contributed by atoms with Crippen molar-refractivity contribution in [3.63, 3.8) is 0 Å². The highest BCUT2D eigenvalue weighted by molar-refractivity contribution is 6.31. The summed E-state index contributed by atoms with van der Waals surface area (Å²) in [6.07, 6.45) is 6.28. The molecule has 0 saturated carbocycles. The van der Waals surface area contributed by atoms with E-state index in [1.807, 2.05) is 6.07 Å². The van der Waals surface area contributed by atoms with Crippen molar-refractivity contribution in [2.24, 2.45) is 11.3 Å². The molecule has 3 aliphatic heterocycles. The minimum absolute atomic E-state index is 0.0532. The Morgan fingerprint density at radius 2 is 1.95 bits per heavy atom. The highest BCUT2D eigenvalue weighted by Crippen LogP contribution is 2.55. The van der Waals surface area contributed by atoms with E-state index < -0.39 is 24.0 Å². The van der Waals surface area contributed by atoms with Crippen LogP contribution in [0.25, 0.3) is 0 Å². The average molecular weight is 649 g/mol. The fourth-order valence-corrected chi connectivity index (χ4v) is 7.27. The van der Waals surface area contributed by atoms with Gasteiger partial charge in [-0.25, -0.2) is 4.39 Å². The molecule has 0 unspecified atom stereocenters. The van der Waals surface area contributed by atoms with Gasteiger partial charge in [-0.1, -0.05) is 68.8 Å². The number of carbonyl (C=O) groups excluding carboxylic acids is 2. The van der Waals surface area contributed by atoms with Crippen molar-refractivity contribution in [2.75, 3.05) is 51.3 Å². The van der Waals surface area contributed by atoms with Gasteiger partial charge in [0.25, 0.3) is 0 Å². The van der Waals surface area contributed by atoms with Gasteiger partial charge in [0.05, 0.1) is 6.04 Å². The van der Waals surface area contributed by atoms with Crippen LogP contribution in [0.2, 0.25) is 5.02 Å². The van der Waals surface area contributed by atoms with Crippen LogP contribution in [-0.2, 0) is 15.0 Å². The van der Waals surface area contributed by atoms with Gasteiger partial charge in [0, 0.05) is 66.5 Å². The fourth-order valence-electron chi connectivity index (χ4n) is 7.03. The number of halogens is 3. The lowest BCUT2D eigenvalue weighted by Crippen LogP contribution is -2.50. The molecule has 0 aromatic heterocycles. The van der Waals surface area contributed by atoms with Crippen LogP contribution in [0.15, 0.2) is 53.6 Å². The van der Waals surface area contributed by atoms with Crippen LogP contribution in [0.1, 0.15) is 53.0 Å². The number of benzene rings is 1. The first-order chi connectivity index (χ1) is 20.8. The molecular formula is C34H48Cl2FN5O2. The van der Waals surface area contributed by atoms with E-state index in [4.69, 9.17) is 23.2 Å². The number of hydrogen-bond acceptors (Lipinski definition) is 5. The number of hydrogen-bond donors (Lipinski definition) is 3. The lowest BCUT2D eigenvalue weighted by Gasteiger charge is -2.37. The quantitative estimate of drug-likeness (QED) is 0.213. The Bertz CT molecular complexity index is 1280. The van der Waals surface area contributed by atoms with Gasteiger partial charge in [-0.15, -0.1) is 0 Å². The number of piperazine rings is 1. The van der Waals surface area contributed by atoms with E-state index in [1.54, 1.807) is 24.3 Å². The number of nitrogens with one attached hydrogen (secondary N) is 3. The number of alkyl halides is 1. The van der Waals surface area contributed by atoms with E-state index >= 15 is 0 Å². The number of anilines is 1. The zero-order valence-electron chi connectivity index (χ0n) is 26.7. The molecular weight excluding hydrogens is 600 g/mol. The molecule has 0 radical (unpaired) electrons. The maximum atomic E-state index is 14.2. The third kappa shape index (κ3) is 7.59. The molecule has 2 fully saturated rings. The van der Waals surface area contributed by atoms with Crippen molar-refractivity contribution in [1.29, 1.82) is 0 Å². The van der Waals surface area contributed by atoms with Crippen LogP contribution in [-0.4, -0.2) is 85.7 Å². The van der Waals surface area contributed by atoms with Crippen LogP contribution < -0.4 is 16.0 Å². The molecule has 242 valence electrons. The molecule has 1 aromatic rings. The first-order valence-electron chi connectivity index (χ1n) is 15.7. The summed E-state index contributed by atoms with van der Waals surface area (Å²) in [4.78, 5) is 33.1.